The first-order valence-corrected chi connectivity index (χ1v) is 11.3. The smallest absolute Gasteiger partial charge is 0.194 e. The lowest BCUT2D eigenvalue weighted by Gasteiger charge is -2.23. The molecule has 0 aliphatic rings. The number of nitrogens with zero attached hydrogens (tertiary/aromatic N) is 5. The Labute approximate surface area is 214 Å². The van der Waals surface area contributed by atoms with E-state index in [-0.39, 0.29) is 24.0 Å². The number of hydrogen-bond acceptors (Lipinski definition) is 4. The van der Waals surface area contributed by atoms with E-state index in [1.54, 1.807) is 6.33 Å². The number of ether oxygens (including phenoxy) is 1. The van der Waals surface area contributed by atoms with Crippen molar-refractivity contribution in [2.45, 2.75) is 39.8 Å². The molecule has 0 aliphatic heterocycles. The largest absolute Gasteiger partial charge is 0.494 e. The fourth-order valence-electron chi connectivity index (χ4n) is 3.48. The Bertz CT molecular complexity index is 959. The molecule has 0 saturated carbocycles. The van der Waals surface area contributed by atoms with Crippen molar-refractivity contribution in [3.63, 3.8) is 0 Å². The van der Waals surface area contributed by atoms with Crippen LogP contribution < -0.4 is 10.1 Å². The van der Waals surface area contributed by atoms with E-state index in [0.717, 1.165) is 56.6 Å². The Kier molecular flexibility index (Phi) is 11.7. The number of nitrogens with one attached hydrogen (secondary N) is 1. The Morgan fingerprint density at radius 3 is 2.52 bits per heavy atom. The maximum atomic E-state index is 5.55. The summed E-state index contributed by atoms with van der Waals surface area (Å²) in [6.07, 6.45) is 3.57. The average Bonchev–Trinajstić information content (AvgIpc) is 3.27. The molecular formula is C25H35IN6O. The average molecular weight is 563 g/mol. The zero-order chi connectivity index (χ0) is 22.6. The lowest BCUT2D eigenvalue weighted by atomic mass is 10.2. The van der Waals surface area contributed by atoms with Crippen LogP contribution in [0.3, 0.4) is 0 Å². The van der Waals surface area contributed by atoms with Crippen LogP contribution >= 0.6 is 24.0 Å². The van der Waals surface area contributed by atoms with Crippen LogP contribution in [0.2, 0.25) is 0 Å². The Morgan fingerprint density at radius 2 is 1.82 bits per heavy atom. The molecular weight excluding hydrogens is 527 g/mol. The van der Waals surface area contributed by atoms with E-state index in [1.807, 2.05) is 25.1 Å². The second-order valence-corrected chi connectivity index (χ2v) is 7.59. The third-order valence-electron chi connectivity index (χ3n) is 5.17. The fourth-order valence-corrected chi connectivity index (χ4v) is 3.48. The molecule has 0 spiro atoms. The number of benzene rings is 2. The molecule has 3 rings (SSSR count). The Balaban J connectivity index is 0.00000385. The van der Waals surface area contributed by atoms with Gasteiger partial charge in [0.1, 0.15) is 17.9 Å². The Hall–Kier alpha value is -2.62. The highest BCUT2D eigenvalue weighted by Crippen LogP contribution is 2.13. The van der Waals surface area contributed by atoms with Crippen molar-refractivity contribution in [1.82, 2.24) is 25.0 Å². The van der Waals surface area contributed by atoms with Crippen LogP contribution in [0.5, 0.6) is 5.75 Å². The van der Waals surface area contributed by atoms with Gasteiger partial charge in [-0.05, 0) is 36.6 Å². The molecule has 0 bridgehead atoms. The SMILES string of the molecule is CCOc1ccc(CN(C)C(=NCCc2ccccc2)NCCn2cnnc2CC)cc1.I. The van der Waals surface area contributed by atoms with Crippen molar-refractivity contribution in [2.75, 3.05) is 26.7 Å². The van der Waals surface area contributed by atoms with Crippen molar-refractivity contribution >= 4 is 29.9 Å². The van der Waals surface area contributed by atoms with Crippen molar-refractivity contribution in [1.29, 1.82) is 0 Å². The third-order valence-corrected chi connectivity index (χ3v) is 5.17. The molecule has 7 nitrogen and oxygen atoms in total. The summed E-state index contributed by atoms with van der Waals surface area (Å²) in [5.41, 5.74) is 2.50. The summed E-state index contributed by atoms with van der Waals surface area (Å²) >= 11 is 0. The molecule has 0 aliphatic carbocycles. The van der Waals surface area contributed by atoms with E-state index in [9.17, 15) is 0 Å². The van der Waals surface area contributed by atoms with Crippen LogP contribution in [0.15, 0.2) is 65.9 Å². The molecule has 3 aromatic rings. The number of hydrogen-bond donors (Lipinski definition) is 1. The summed E-state index contributed by atoms with van der Waals surface area (Å²) in [4.78, 5) is 7.05. The summed E-state index contributed by atoms with van der Waals surface area (Å²) in [5, 5.41) is 11.7. The molecule has 0 radical (unpaired) electrons. The number of aromatic nitrogens is 3. The van der Waals surface area contributed by atoms with E-state index in [4.69, 9.17) is 9.73 Å². The van der Waals surface area contributed by atoms with Gasteiger partial charge in [0.05, 0.1) is 6.61 Å². The molecule has 178 valence electrons. The van der Waals surface area contributed by atoms with Crippen LogP contribution in [-0.4, -0.2) is 52.4 Å². The first-order valence-electron chi connectivity index (χ1n) is 11.3. The van der Waals surface area contributed by atoms with Gasteiger partial charge in [0.25, 0.3) is 0 Å². The standard InChI is InChI=1S/C25H34N6O.HI/c1-4-24-29-28-20-31(24)18-17-27-25(26-16-15-21-9-7-6-8-10-21)30(3)19-22-11-13-23(14-12-22)32-5-2;/h6-14,20H,4-5,15-19H2,1-3H3,(H,26,27);1H. The lowest BCUT2D eigenvalue weighted by molar-refractivity contribution is 0.340. The highest BCUT2D eigenvalue weighted by Gasteiger charge is 2.09. The maximum Gasteiger partial charge on any atom is 0.194 e. The summed E-state index contributed by atoms with van der Waals surface area (Å²) in [7, 11) is 2.07. The number of rotatable bonds is 11. The van der Waals surface area contributed by atoms with Gasteiger partial charge in [0.2, 0.25) is 0 Å². The summed E-state index contributed by atoms with van der Waals surface area (Å²) < 4.78 is 7.64. The normalized spacial score (nSPS) is 11.1. The molecule has 0 unspecified atom stereocenters. The van der Waals surface area contributed by atoms with Gasteiger partial charge in [-0.25, -0.2) is 0 Å². The van der Waals surface area contributed by atoms with Gasteiger partial charge in [-0.2, -0.15) is 0 Å². The summed E-state index contributed by atoms with van der Waals surface area (Å²) in [6, 6.07) is 18.7. The molecule has 0 fully saturated rings. The lowest BCUT2D eigenvalue weighted by Crippen LogP contribution is -2.40. The van der Waals surface area contributed by atoms with Crippen molar-refractivity contribution < 1.29 is 4.74 Å². The summed E-state index contributed by atoms with van der Waals surface area (Å²) in [5.74, 6) is 2.78. The van der Waals surface area contributed by atoms with Crippen LogP contribution in [0.4, 0.5) is 0 Å². The number of aliphatic imine (C=N–C) groups is 1. The summed E-state index contributed by atoms with van der Waals surface area (Å²) in [6.45, 7) is 7.80. The number of aryl methyl sites for hydroxylation is 1. The van der Waals surface area contributed by atoms with Gasteiger partial charge in [-0.1, -0.05) is 49.4 Å². The number of halogens is 1. The second-order valence-electron chi connectivity index (χ2n) is 7.59. The number of guanidine groups is 1. The van der Waals surface area contributed by atoms with E-state index >= 15 is 0 Å². The van der Waals surface area contributed by atoms with Crippen LogP contribution in [0.1, 0.15) is 30.8 Å². The van der Waals surface area contributed by atoms with E-state index in [2.05, 4.69) is 75.4 Å². The van der Waals surface area contributed by atoms with Gasteiger partial charge in [0.15, 0.2) is 5.96 Å². The minimum absolute atomic E-state index is 0. The molecule has 0 amide bonds. The molecule has 8 heteroatoms. The first kappa shape index (κ1) is 26.6. The highest BCUT2D eigenvalue weighted by molar-refractivity contribution is 14.0. The molecule has 1 aromatic heterocycles. The molecule has 2 aromatic carbocycles. The van der Waals surface area contributed by atoms with Crippen molar-refractivity contribution in [3.8, 4) is 5.75 Å². The van der Waals surface area contributed by atoms with Gasteiger partial charge in [-0.15, -0.1) is 34.2 Å². The van der Waals surface area contributed by atoms with E-state index < -0.39 is 0 Å². The quantitative estimate of drug-likeness (QED) is 0.216. The van der Waals surface area contributed by atoms with E-state index in [0.29, 0.717) is 6.61 Å². The van der Waals surface area contributed by atoms with Gasteiger partial charge in [0, 0.05) is 39.6 Å². The zero-order valence-electron chi connectivity index (χ0n) is 19.8. The van der Waals surface area contributed by atoms with Crippen LogP contribution in [0.25, 0.3) is 0 Å². The van der Waals surface area contributed by atoms with Crippen molar-refractivity contribution in [3.05, 3.63) is 77.9 Å². The van der Waals surface area contributed by atoms with Crippen molar-refractivity contribution in [2.24, 2.45) is 4.99 Å². The maximum absolute atomic E-state index is 5.55. The fraction of sp³-hybridized carbons (Fsp3) is 0.400. The topological polar surface area (TPSA) is 67.6 Å². The minimum atomic E-state index is 0. The van der Waals surface area contributed by atoms with Crippen LogP contribution in [-0.2, 0) is 25.9 Å². The third kappa shape index (κ3) is 8.68. The molecule has 1 heterocycles. The monoisotopic (exact) mass is 562 g/mol. The van der Waals surface area contributed by atoms with Gasteiger partial charge in [-0.3, -0.25) is 4.99 Å². The van der Waals surface area contributed by atoms with Gasteiger partial charge < -0.3 is 19.5 Å². The minimum Gasteiger partial charge on any atom is -0.494 e. The molecule has 33 heavy (non-hydrogen) atoms. The van der Waals surface area contributed by atoms with Gasteiger partial charge >= 0.3 is 0 Å². The molecule has 0 atom stereocenters. The van der Waals surface area contributed by atoms with Crippen LogP contribution in [0, 0.1) is 0 Å². The second kappa shape index (κ2) is 14.5. The highest BCUT2D eigenvalue weighted by atomic mass is 127. The predicted octanol–water partition coefficient (Wildman–Crippen LogP) is 4.18. The first-order chi connectivity index (χ1) is 15.7. The van der Waals surface area contributed by atoms with E-state index in [1.165, 1.54) is 11.1 Å². The molecule has 1 N–H and O–H groups in total. The molecule has 0 saturated heterocycles. The zero-order valence-corrected chi connectivity index (χ0v) is 22.1. The predicted molar refractivity (Wildman–Crippen MR) is 144 cm³/mol. The Morgan fingerprint density at radius 1 is 1.06 bits per heavy atom.